The Morgan fingerprint density at radius 1 is 1.10 bits per heavy atom. The second kappa shape index (κ2) is 7.08. The highest BCUT2D eigenvalue weighted by Gasteiger charge is 2.27. The Labute approximate surface area is 119 Å². The van der Waals surface area contributed by atoms with E-state index in [1.54, 1.807) is 0 Å². The Balaban J connectivity index is 1.67. The van der Waals surface area contributed by atoms with E-state index in [4.69, 9.17) is 9.47 Å². The molecule has 0 bridgehead atoms. The molecule has 1 heterocycles. The van der Waals surface area contributed by atoms with Crippen molar-refractivity contribution in [2.45, 2.75) is 11.9 Å². The Morgan fingerprint density at radius 2 is 1.85 bits per heavy atom. The van der Waals surface area contributed by atoms with E-state index < -0.39 is 5.51 Å². The number of fused-ring (bicyclic) bond motifs is 1. The number of hydrogen-bond acceptors (Lipinski definition) is 4. The van der Waals surface area contributed by atoms with Gasteiger partial charge in [0, 0.05) is 12.3 Å². The maximum atomic E-state index is 11.9. The first-order valence-electron chi connectivity index (χ1n) is 6.34. The van der Waals surface area contributed by atoms with Crippen LogP contribution in [0.5, 0.6) is 11.5 Å². The van der Waals surface area contributed by atoms with Gasteiger partial charge in [0.05, 0.1) is 0 Å². The van der Waals surface area contributed by atoms with E-state index in [2.05, 4.69) is 5.32 Å². The van der Waals surface area contributed by atoms with Gasteiger partial charge in [0.25, 0.3) is 0 Å². The predicted molar refractivity (Wildman–Crippen MR) is 72.5 cm³/mol. The third kappa shape index (κ3) is 5.13. The summed E-state index contributed by atoms with van der Waals surface area (Å²) in [6.07, 6.45) is 0.743. The number of ether oxygens (including phenoxy) is 2. The fourth-order valence-corrected chi connectivity index (χ4v) is 2.32. The fraction of sp³-hybridized carbons (Fsp3) is 0.538. The largest absolute Gasteiger partial charge is 0.486 e. The number of benzene rings is 1. The molecule has 0 atom stereocenters. The van der Waals surface area contributed by atoms with E-state index in [1.807, 2.05) is 18.2 Å². The van der Waals surface area contributed by atoms with E-state index in [9.17, 15) is 13.2 Å². The van der Waals surface area contributed by atoms with E-state index >= 15 is 0 Å². The van der Waals surface area contributed by atoms with Crippen molar-refractivity contribution < 1.29 is 22.6 Å². The molecule has 1 aliphatic heterocycles. The van der Waals surface area contributed by atoms with Crippen molar-refractivity contribution in [3.8, 4) is 11.5 Å². The number of rotatable bonds is 6. The van der Waals surface area contributed by atoms with E-state index in [0.717, 1.165) is 23.5 Å². The molecule has 0 saturated heterocycles. The minimum Gasteiger partial charge on any atom is -0.486 e. The molecular weight excluding hydrogens is 291 g/mol. The van der Waals surface area contributed by atoms with Gasteiger partial charge >= 0.3 is 5.51 Å². The minimum atomic E-state index is -4.14. The molecule has 20 heavy (non-hydrogen) atoms. The molecule has 7 heteroatoms. The smallest absolute Gasteiger partial charge is 0.441 e. The first-order valence-corrected chi connectivity index (χ1v) is 7.33. The molecule has 0 fully saturated rings. The molecule has 0 aromatic heterocycles. The van der Waals surface area contributed by atoms with Crippen LogP contribution in [0.1, 0.15) is 5.56 Å². The van der Waals surface area contributed by atoms with Crippen LogP contribution in [-0.4, -0.2) is 37.6 Å². The van der Waals surface area contributed by atoms with Crippen LogP contribution < -0.4 is 14.8 Å². The first kappa shape index (κ1) is 15.3. The lowest BCUT2D eigenvalue weighted by Crippen LogP contribution is -2.21. The van der Waals surface area contributed by atoms with Crippen molar-refractivity contribution in [2.75, 3.05) is 32.1 Å². The summed E-state index contributed by atoms with van der Waals surface area (Å²) in [5.74, 6) is 1.51. The summed E-state index contributed by atoms with van der Waals surface area (Å²) in [5.41, 5.74) is -3.07. The molecule has 112 valence electrons. The molecule has 0 amide bonds. The van der Waals surface area contributed by atoms with Gasteiger partial charge in [-0.25, -0.2) is 0 Å². The fourth-order valence-electron chi connectivity index (χ4n) is 1.84. The number of halogens is 3. The lowest BCUT2D eigenvalue weighted by atomic mass is 10.1. The zero-order valence-electron chi connectivity index (χ0n) is 10.8. The third-order valence-corrected chi connectivity index (χ3v) is 3.48. The van der Waals surface area contributed by atoms with Crippen molar-refractivity contribution in [1.82, 2.24) is 5.32 Å². The van der Waals surface area contributed by atoms with Gasteiger partial charge in [-0.05, 0) is 42.4 Å². The predicted octanol–water partition coefficient (Wildman–Crippen LogP) is 2.84. The van der Waals surface area contributed by atoms with Gasteiger partial charge in [0.15, 0.2) is 11.5 Å². The molecule has 0 saturated carbocycles. The van der Waals surface area contributed by atoms with Gasteiger partial charge < -0.3 is 14.8 Å². The Kier molecular flexibility index (Phi) is 5.42. The average molecular weight is 307 g/mol. The average Bonchev–Trinajstić information content (AvgIpc) is 2.41. The van der Waals surface area contributed by atoms with E-state index in [-0.39, 0.29) is 17.5 Å². The third-order valence-electron chi connectivity index (χ3n) is 2.74. The first-order chi connectivity index (χ1) is 9.54. The number of alkyl halides is 3. The molecule has 0 spiro atoms. The zero-order chi connectivity index (χ0) is 14.4. The van der Waals surface area contributed by atoms with Gasteiger partial charge in [-0.1, -0.05) is 6.07 Å². The van der Waals surface area contributed by atoms with Crippen molar-refractivity contribution >= 4 is 11.8 Å². The molecule has 3 nitrogen and oxygen atoms in total. The number of thioether (sulfide) groups is 1. The van der Waals surface area contributed by atoms with Gasteiger partial charge in [-0.3, -0.25) is 0 Å². The van der Waals surface area contributed by atoms with Gasteiger partial charge in [0.2, 0.25) is 0 Å². The molecule has 0 aliphatic carbocycles. The van der Waals surface area contributed by atoms with Crippen molar-refractivity contribution in [3.63, 3.8) is 0 Å². The summed E-state index contributed by atoms with van der Waals surface area (Å²) < 4.78 is 46.6. The highest BCUT2D eigenvalue weighted by atomic mass is 32.2. The van der Waals surface area contributed by atoms with Crippen molar-refractivity contribution in [3.05, 3.63) is 23.8 Å². The minimum absolute atomic E-state index is 0.000604. The van der Waals surface area contributed by atoms with Crippen LogP contribution in [0.25, 0.3) is 0 Å². The topological polar surface area (TPSA) is 30.5 Å². The Hall–Kier alpha value is -1.08. The molecular formula is C13H16F3NO2S. The maximum absolute atomic E-state index is 11.9. The van der Waals surface area contributed by atoms with Gasteiger partial charge in [-0.15, -0.1) is 0 Å². The monoisotopic (exact) mass is 307 g/mol. The zero-order valence-corrected chi connectivity index (χ0v) is 11.6. The van der Waals surface area contributed by atoms with Crippen LogP contribution in [0, 0.1) is 0 Å². The molecule has 0 unspecified atom stereocenters. The van der Waals surface area contributed by atoms with Gasteiger partial charge in [0.1, 0.15) is 13.2 Å². The number of hydrogen-bond donors (Lipinski definition) is 1. The Bertz CT molecular complexity index is 440. The molecule has 0 radical (unpaired) electrons. The van der Waals surface area contributed by atoms with Crippen molar-refractivity contribution in [2.24, 2.45) is 0 Å². The molecule has 1 aromatic carbocycles. The summed E-state index contributed by atoms with van der Waals surface area (Å²) in [6.45, 7) is 2.08. The summed E-state index contributed by atoms with van der Waals surface area (Å²) >= 11 is -0.000604. The molecule has 1 aromatic rings. The maximum Gasteiger partial charge on any atom is 0.441 e. The highest BCUT2D eigenvalue weighted by molar-refractivity contribution is 8.00. The van der Waals surface area contributed by atoms with Crippen LogP contribution in [0.3, 0.4) is 0 Å². The SMILES string of the molecule is FC(F)(F)SCCNCCc1ccc2c(c1)OCCO2. The van der Waals surface area contributed by atoms with Crippen LogP contribution >= 0.6 is 11.8 Å². The molecule has 1 N–H and O–H groups in total. The summed E-state index contributed by atoms with van der Waals surface area (Å²) in [7, 11) is 0. The van der Waals surface area contributed by atoms with Crippen LogP contribution in [0.4, 0.5) is 13.2 Å². The van der Waals surface area contributed by atoms with Crippen LogP contribution in [0.15, 0.2) is 18.2 Å². The van der Waals surface area contributed by atoms with Gasteiger partial charge in [-0.2, -0.15) is 13.2 Å². The van der Waals surface area contributed by atoms with E-state index in [1.165, 1.54) is 0 Å². The standard InChI is InChI=1S/C13H16F3NO2S/c14-13(15,16)20-8-5-17-4-3-10-1-2-11-12(9-10)19-7-6-18-11/h1-2,9,17H,3-8H2. The summed E-state index contributed by atoms with van der Waals surface area (Å²) in [6, 6.07) is 5.73. The van der Waals surface area contributed by atoms with Crippen molar-refractivity contribution in [1.29, 1.82) is 0 Å². The summed E-state index contributed by atoms with van der Waals surface area (Å²) in [4.78, 5) is 0. The quantitative estimate of drug-likeness (QED) is 0.819. The lowest BCUT2D eigenvalue weighted by Gasteiger charge is -2.18. The van der Waals surface area contributed by atoms with E-state index in [0.29, 0.717) is 26.3 Å². The summed E-state index contributed by atoms with van der Waals surface area (Å²) in [5, 5.41) is 2.99. The molecule has 1 aliphatic rings. The highest BCUT2D eigenvalue weighted by Crippen LogP contribution is 2.31. The Morgan fingerprint density at radius 3 is 2.60 bits per heavy atom. The van der Waals surface area contributed by atoms with Crippen LogP contribution in [0.2, 0.25) is 0 Å². The lowest BCUT2D eigenvalue weighted by molar-refractivity contribution is -0.0327. The second-order valence-corrected chi connectivity index (χ2v) is 5.43. The second-order valence-electron chi connectivity index (χ2n) is 4.27. The number of nitrogens with one attached hydrogen (secondary N) is 1. The van der Waals surface area contributed by atoms with Crippen LogP contribution in [-0.2, 0) is 6.42 Å². The molecule has 2 rings (SSSR count). The normalized spacial score (nSPS) is 14.3.